The van der Waals surface area contributed by atoms with E-state index in [4.69, 9.17) is 11.6 Å². The number of hydrogen-bond donors (Lipinski definition) is 2. The summed E-state index contributed by atoms with van der Waals surface area (Å²) >= 11 is 5.54. The fourth-order valence-corrected chi connectivity index (χ4v) is 1.89. The maximum Gasteiger partial charge on any atom is 0.129 e. The largest absolute Gasteiger partial charge is 0.390 e. The van der Waals surface area contributed by atoms with E-state index in [9.17, 15) is 5.11 Å². The molecule has 0 bridgehead atoms. The van der Waals surface area contributed by atoms with E-state index < -0.39 is 14.2 Å². The van der Waals surface area contributed by atoms with Crippen LogP contribution < -0.4 is 5.32 Å². The molecule has 1 rings (SSSR count). The molecule has 0 heterocycles. The molecule has 0 amide bonds. The second-order valence-corrected chi connectivity index (χ2v) is 10.3. The first-order chi connectivity index (χ1) is 8.40. The zero-order valence-corrected chi connectivity index (χ0v) is 12.9. The van der Waals surface area contributed by atoms with Gasteiger partial charge >= 0.3 is 0 Å². The minimum Gasteiger partial charge on any atom is -0.390 e. The standard InChI is InChI=1S/C14H20ClNOSi/c1-18(2,3)8-7-12-5-4-6-13(9-12)16-11-14(17)10-15/h4-6,9,14,16-17H,10-11H2,1-3H3. The molecule has 0 saturated carbocycles. The quantitative estimate of drug-likeness (QED) is 0.505. The number of aliphatic hydroxyl groups excluding tert-OH is 1. The molecule has 0 spiro atoms. The van der Waals surface area contributed by atoms with Crippen molar-refractivity contribution in [3.8, 4) is 11.5 Å². The fourth-order valence-electron chi connectivity index (χ4n) is 1.26. The number of alkyl halides is 1. The zero-order valence-electron chi connectivity index (χ0n) is 11.1. The van der Waals surface area contributed by atoms with Gasteiger partial charge in [0.1, 0.15) is 8.07 Å². The first-order valence-corrected chi connectivity index (χ1v) is 10.1. The Balaban J connectivity index is 2.70. The predicted octanol–water partition coefficient (Wildman–Crippen LogP) is 2.93. The van der Waals surface area contributed by atoms with Crippen LogP contribution in [0, 0.1) is 11.5 Å². The van der Waals surface area contributed by atoms with Gasteiger partial charge in [0.25, 0.3) is 0 Å². The zero-order chi connectivity index (χ0) is 13.6. The van der Waals surface area contributed by atoms with Crippen LogP contribution in [0.4, 0.5) is 5.69 Å². The van der Waals surface area contributed by atoms with Crippen LogP contribution in [0.3, 0.4) is 0 Å². The normalized spacial score (nSPS) is 12.5. The van der Waals surface area contributed by atoms with Crippen LogP contribution >= 0.6 is 11.6 Å². The van der Waals surface area contributed by atoms with Crippen molar-refractivity contribution in [2.24, 2.45) is 0 Å². The van der Waals surface area contributed by atoms with Gasteiger partial charge in [-0.2, -0.15) is 0 Å². The molecule has 1 aromatic rings. The lowest BCUT2D eigenvalue weighted by Gasteiger charge is -2.10. The number of hydrogen-bond acceptors (Lipinski definition) is 2. The molecular weight excluding hydrogens is 262 g/mol. The minimum absolute atomic E-state index is 0.238. The molecule has 0 aliphatic heterocycles. The lowest BCUT2D eigenvalue weighted by molar-refractivity contribution is 0.211. The van der Waals surface area contributed by atoms with E-state index in [1.807, 2.05) is 24.3 Å². The average molecular weight is 282 g/mol. The van der Waals surface area contributed by atoms with Gasteiger partial charge in [-0.25, -0.2) is 0 Å². The van der Waals surface area contributed by atoms with Crippen molar-refractivity contribution in [3.63, 3.8) is 0 Å². The van der Waals surface area contributed by atoms with E-state index in [0.717, 1.165) is 11.3 Å². The Morgan fingerprint density at radius 3 is 2.72 bits per heavy atom. The molecule has 0 aromatic heterocycles. The van der Waals surface area contributed by atoms with Crippen molar-refractivity contribution in [1.82, 2.24) is 0 Å². The smallest absolute Gasteiger partial charge is 0.129 e. The highest BCUT2D eigenvalue weighted by molar-refractivity contribution is 6.83. The number of halogens is 1. The second kappa shape index (κ2) is 6.84. The van der Waals surface area contributed by atoms with Crippen molar-refractivity contribution in [2.75, 3.05) is 17.7 Å². The molecule has 0 saturated heterocycles. The molecule has 0 aliphatic carbocycles. The van der Waals surface area contributed by atoms with Gasteiger partial charge in [0.05, 0.1) is 12.0 Å². The molecule has 2 nitrogen and oxygen atoms in total. The van der Waals surface area contributed by atoms with Gasteiger partial charge in [0, 0.05) is 17.8 Å². The summed E-state index contributed by atoms with van der Waals surface area (Å²) in [6.07, 6.45) is -0.525. The van der Waals surface area contributed by atoms with Gasteiger partial charge in [-0.05, 0) is 18.2 Å². The summed E-state index contributed by atoms with van der Waals surface area (Å²) in [6, 6.07) is 7.91. The van der Waals surface area contributed by atoms with Gasteiger partial charge in [-0.15, -0.1) is 17.1 Å². The summed E-state index contributed by atoms with van der Waals surface area (Å²) in [5.74, 6) is 3.45. The molecular formula is C14H20ClNOSi. The molecule has 18 heavy (non-hydrogen) atoms. The highest BCUT2D eigenvalue weighted by Gasteiger charge is 2.07. The summed E-state index contributed by atoms with van der Waals surface area (Å²) in [5.41, 5.74) is 5.29. The molecule has 0 radical (unpaired) electrons. The average Bonchev–Trinajstić information content (AvgIpc) is 2.33. The van der Waals surface area contributed by atoms with Crippen LogP contribution in [0.15, 0.2) is 24.3 Å². The van der Waals surface area contributed by atoms with Crippen LogP contribution in [-0.2, 0) is 0 Å². The van der Waals surface area contributed by atoms with Crippen LogP contribution in [0.2, 0.25) is 19.6 Å². The van der Waals surface area contributed by atoms with Gasteiger partial charge < -0.3 is 10.4 Å². The minimum atomic E-state index is -1.34. The van der Waals surface area contributed by atoms with E-state index in [-0.39, 0.29) is 5.88 Å². The number of rotatable bonds is 4. The third-order valence-electron chi connectivity index (χ3n) is 2.16. The van der Waals surface area contributed by atoms with Crippen molar-refractivity contribution >= 4 is 25.4 Å². The molecule has 98 valence electrons. The van der Waals surface area contributed by atoms with E-state index in [0.29, 0.717) is 6.54 Å². The Morgan fingerprint density at radius 1 is 1.39 bits per heavy atom. The first kappa shape index (κ1) is 15.1. The summed E-state index contributed by atoms with van der Waals surface area (Å²) < 4.78 is 0. The molecule has 1 unspecified atom stereocenters. The number of nitrogens with one attached hydrogen (secondary N) is 1. The van der Waals surface area contributed by atoms with Crippen LogP contribution in [-0.4, -0.2) is 31.7 Å². The molecule has 4 heteroatoms. The second-order valence-electron chi connectivity index (χ2n) is 5.27. The Bertz CT molecular complexity index is 445. The highest BCUT2D eigenvalue weighted by atomic mass is 35.5. The summed E-state index contributed by atoms with van der Waals surface area (Å²) in [4.78, 5) is 0. The van der Waals surface area contributed by atoms with Crippen LogP contribution in [0.5, 0.6) is 0 Å². The van der Waals surface area contributed by atoms with Crippen LogP contribution in [0.25, 0.3) is 0 Å². The number of anilines is 1. The molecule has 0 aliphatic rings. The summed E-state index contributed by atoms with van der Waals surface area (Å²) in [7, 11) is -1.34. The topological polar surface area (TPSA) is 32.3 Å². The first-order valence-electron chi connectivity index (χ1n) is 6.02. The van der Waals surface area contributed by atoms with Crippen molar-refractivity contribution in [2.45, 2.75) is 25.7 Å². The third kappa shape index (κ3) is 6.11. The monoisotopic (exact) mass is 281 g/mol. The van der Waals surface area contributed by atoms with E-state index in [1.165, 1.54) is 0 Å². The maximum atomic E-state index is 9.38. The number of benzene rings is 1. The van der Waals surface area contributed by atoms with Crippen LogP contribution in [0.1, 0.15) is 5.56 Å². The summed E-state index contributed by atoms with van der Waals surface area (Å²) in [6.45, 7) is 7.12. The predicted molar refractivity (Wildman–Crippen MR) is 81.9 cm³/mol. The Morgan fingerprint density at radius 2 is 2.11 bits per heavy atom. The highest BCUT2D eigenvalue weighted by Crippen LogP contribution is 2.10. The van der Waals surface area contributed by atoms with E-state index in [2.05, 4.69) is 36.4 Å². The van der Waals surface area contributed by atoms with E-state index >= 15 is 0 Å². The lowest BCUT2D eigenvalue weighted by Crippen LogP contribution is -2.20. The van der Waals surface area contributed by atoms with Gasteiger partial charge in [-0.3, -0.25) is 0 Å². The van der Waals surface area contributed by atoms with Crippen molar-refractivity contribution in [1.29, 1.82) is 0 Å². The Hall–Kier alpha value is -0.953. The Kier molecular flexibility index (Phi) is 5.74. The van der Waals surface area contributed by atoms with Gasteiger partial charge in [-0.1, -0.05) is 31.6 Å². The van der Waals surface area contributed by atoms with Gasteiger partial charge in [0.2, 0.25) is 0 Å². The van der Waals surface area contributed by atoms with Gasteiger partial charge in [0.15, 0.2) is 0 Å². The molecule has 1 atom stereocenters. The van der Waals surface area contributed by atoms with Crippen molar-refractivity contribution < 1.29 is 5.11 Å². The third-order valence-corrected chi connectivity index (χ3v) is 3.40. The van der Waals surface area contributed by atoms with Crippen molar-refractivity contribution in [3.05, 3.63) is 29.8 Å². The molecule has 1 aromatic carbocycles. The molecule has 2 N–H and O–H groups in total. The van der Waals surface area contributed by atoms with E-state index in [1.54, 1.807) is 0 Å². The maximum absolute atomic E-state index is 9.38. The summed E-state index contributed by atoms with van der Waals surface area (Å²) in [5, 5.41) is 12.5. The fraction of sp³-hybridized carbons (Fsp3) is 0.429. The SMILES string of the molecule is C[Si](C)(C)C#Cc1cccc(NCC(O)CCl)c1. The number of aliphatic hydroxyl groups is 1. The lowest BCUT2D eigenvalue weighted by atomic mass is 10.2. The molecule has 0 fully saturated rings. The Labute approximate surface area is 115 Å².